The van der Waals surface area contributed by atoms with Crippen molar-refractivity contribution in [2.24, 2.45) is 4.99 Å². The Labute approximate surface area is 136 Å². The van der Waals surface area contributed by atoms with Gasteiger partial charge in [0.15, 0.2) is 10.6 Å². The lowest BCUT2D eigenvalue weighted by Gasteiger charge is -2.14. The number of aliphatic imine (C=N–C) groups is 1. The van der Waals surface area contributed by atoms with Crippen molar-refractivity contribution >= 4 is 39.9 Å². The van der Waals surface area contributed by atoms with Crippen LogP contribution < -0.4 is 5.43 Å². The number of nitrogens with zero attached hydrogens (tertiary/aromatic N) is 2. The minimum Gasteiger partial charge on any atom is -0.463 e. The summed E-state index contributed by atoms with van der Waals surface area (Å²) in [6.07, 6.45) is 5.24. The van der Waals surface area contributed by atoms with Crippen LogP contribution in [0.5, 0.6) is 0 Å². The molecule has 2 aliphatic heterocycles. The standard InChI is InChI=1S/C17H14N2O3S/c20-15-11(10-22-13-6-2-1-5-12(13)15)9-14-16(21)18-17(23-14)19-7-3-4-8-19/h1-2,5-6,9-10H,3-4,7-8H2/b14-9+. The van der Waals surface area contributed by atoms with Gasteiger partial charge in [-0.05, 0) is 42.8 Å². The number of thioether (sulfide) groups is 1. The Morgan fingerprint density at radius 2 is 1.96 bits per heavy atom. The Balaban J connectivity index is 1.67. The molecule has 0 N–H and O–H groups in total. The molecule has 1 fully saturated rings. The molecule has 0 aliphatic carbocycles. The molecule has 2 aliphatic rings. The number of benzene rings is 1. The lowest BCUT2D eigenvalue weighted by Crippen LogP contribution is -2.23. The number of para-hydroxylation sites is 1. The monoisotopic (exact) mass is 326 g/mol. The largest absolute Gasteiger partial charge is 0.463 e. The number of rotatable bonds is 1. The van der Waals surface area contributed by atoms with Crippen molar-refractivity contribution in [1.29, 1.82) is 0 Å². The van der Waals surface area contributed by atoms with Crippen LogP contribution in [0.2, 0.25) is 0 Å². The average Bonchev–Trinajstić information content (AvgIpc) is 3.21. The van der Waals surface area contributed by atoms with E-state index in [9.17, 15) is 9.59 Å². The third-order valence-electron chi connectivity index (χ3n) is 3.98. The second-order valence-electron chi connectivity index (χ2n) is 5.52. The van der Waals surface area contributed by atoms with Crippen molar-refractivity contribution in [2.75, 3.05) is 13.1 Å². The van der Waals surface area contributed by atoms with Crippen molar-refractivity contribution in [2.45, 2.75) is 12.8 Å². The minimum atomic E-state index is -0.288. The van der Waals surface area contributed by atoms with Gasteiger partial charge < -0.3 is 9.32 Å². The maximum Gasteiger partial charge on any atom is 0.286 e. The molecule has 1 aromatic heterocycles. The summed E-state index contributed by atoms with van der Waals surface area (Å²) in [6, 6.07) is 7.08. The van der Waals surface area contributed by atoms with Gasteiger partial charge in [-0.15, -0.1) is 0 Å². The summed E-state index contributed by atoms with van der Waals surface area (Å²) >= 11 is 1.33. The van der Waals surface area contributed by atoms with Crippen LogP contribution in [0, 0.1) is 0 Å². The molecule has 2 aromatic rings. The van der Waals surface area contributed by atoms with Gasteiger partial charge in [0.05, 0.1) is 15.9 Å². The number of fused-ring (bicyclic) bond motifs is 1. The van der Waals surface area contributed by atoms with Gasteiger partial charge in [-0.1, -0.05) is 12.1 Å². The van der Waals surface area contributed by atoms with Gasteiger partial charge >= 0.3 is 0 Å². The summed E-state index contributed by atoms with van der Waals surface area (Å²) in [7, 11) is 0. The maximum absolute atomic E-state index is 12.5. The van der Waals surface area contributed by atoms with Crippen molar-refractivity contribution in [3.63, 3.8) is 0 Å². The van der Waals surface area contributed by atoms with Gasteiger partial charge in [-0.3, -0.25) is 9.59 Å². The van der Waals surface area contributed by atoms with Crippen LogP contribution >= 0.6 is 11.8 Å². The molecule has 1 amide bonds. The zero-order valence-electron chi connectivity index (χ0n) is 12.3. The van der Waals surface area contributed by atoms with Crippen LogP contribution in [0.25, 0.3) is 17.0 Å². The zero-order chi connectivity index (χ0) is 15.8. The van der Waals surface area contributed by atoms with Gasteiger partial charge in [0.2, 0.25) is 0 Å². The number of hydrogen-bond acceptors (Lipinski definition) is 5. The summed E-state index contributed by atoms with van der Waals surface area (Å²) in [5, 5.41) is 1.25. The first kappa shape index (κ1) is 14.3. The molecule has 0 bridgehead atoms. The molecule has 1 saturated heterocycles. The lowest BCUT2D eigenvalue weighted by atomic mass is 10.1. The minimum absolute atomic E-state index is 0.137. The van der Waals surface area contributed by atoms with Crippen LogP contribution in [0.4, 0.5) is 0 Å². The normalized spacial score (nSPS) is 19.8. The first-order chi connectivity index (χ1) is 11.2. The highest BCUT2D eigenvalue weighted by Gasteiger charge is 2.27. The molecule has 4 rings (SSSR count). The molecular formula is C17H14N2O3S. The van der Waals surface area contributed by atoms with E-state index in [4.69, 9.17) is 4.42 Å². The summed E-state index contributed by atoms with van der Waals surface area (Å²) in [6.45, 7) is 1.87. The van der Waals surface area contributed by atoms with Crippen LogP contribution in [-0.4, -0.2) is 29.1 Å². The van der Waals surface area contributed by atoms with E-state index in [1.165, 1.54) is 18.0 Å². The molecule has 116 valence electrons. The maximum atomic E-state index is 12.5. The van der Waals surface area contributed by atoms with Gasteiger partial charge in [0.1, 0.15) is 11.8 Å². The number of carbonyl (C=O) groups is 1. The van der Waals surface area contributed by atoms with Crippen molar-refractivity contribution in [3.05, 3.63) is 51.2 Å². The Morgan fingerprint density at radius 1 is 1.17 bits per heavy atom. The van der Waals surface area contributed by atoms with Gasteiger partial charge in [-0.25, -0.2) is 0 Å². The molecule has 0 saturated carbocycles. The van der Waals surface area contributed by atoms with Crippen molar-refractivity contribution in [3.8, 4) is 0 Å². The fraction of sp³-hybridized carbons (Fsp3) is 0.235. The number of likely N-dealkylation sites (tertiary alicyclic amines) is 1. The van der Waals surface area contributed by atoms with Crippen LogP contribution in [0.3, 0.4) is 0 Å². The first-order valence-electron chi connectivity index (χ1n) is 7.50. The summed E-state index contributed by atoms with van der Waals surface area (Å²) < 4.78 is 5.48. The molecule has 0 radical (unpaired) electrons. The topological polar surface area (TPSA) is 62.9 Å². The summed E-state index contributed by atoms with van der Waals surface area (Å²) in [5.41, 5.74) is 0.777. The van der Waals surface area contributed by atoms with E-state index >= 15 is 0 Å². The molecular weight excluding hydrogens is 312 g/mol. The van der Waals surface area contributed by atoms with E-state index < -0.39 is 0 Å². The van der Waals surface area contributed by atoms with Gasteiger partial charge in [0.25, 0.3) is 5.91 Å². The van der Waals surface area contributed by atoms with Gasteiger partial charge in [-0.2, -0.15) is 4.99 Å². The van der Waals surface area contributed by atoms with Crippen molar-refractivity contribution < 1.29 is 9.21 Å². The van der Waals surface area contributed by atoms with Crippen LogP contribution in [0.15, 0.2) is 49.6 Å². The molecule has 3 heterocycles. The van der Waals surface area contributed by atoms with Crippen LogP contribution in [0.1, 0.15) is 18.4 Å². The first-order valence-corrected chi connectivity index (χ1v) is 8.32. The number of carbonyl (C=O) groups excluding carboxylic acids is 1. The Morgan fingerprint density at radius 3 is 2.78 bits per heavy atom. The molecule has 5 nitrogen and oxygen atoms in total. The highest BCUT2D eigenvalue weighted by molar-refractivity contribution is 8.18. The van der Waals surface area contributed by atoms with E-state index in [0.717, 1.165) is 31.1 Å². The molecule has 1 aromatic carbocycles. The SMILES string of the molecule is O=C1N=C(N2CCCC2)S/C1=C/c1coc2ccccc2c1=O. The predicted molar refractivity (Wildman–Crippen MR) is 91.3 cm³/mol. The lowest BCUT2D eigenvalue weighted by molar-refractivity contribution is -0.113. The quantitative estimate of drug-likeness (QED) is 0.754. The highest BCUT2D eigenvalue weighted by Crippen LogP contribution is 2.31. The van der Waals surface area contributed by atoms with Gasteiger partial charge in [0, 0.05) is 13.1 Å². The fourth-order valence-corrected chi connectivity index (χ4v) is 3.73. The predicted octanol–water partition coefficient (Wildman–Crippen LogP) is 2.86. The third-order valence-corrected chi connectivity index (χ3v) is 5.02. The fourth-order valence-electron chi connectivity index (χ4n) is 2.78. The Hall–Kier alpha value is -2.34. The highest BCUT2D eigenvalue weighted by atomic mass is 32.2. The molecule has 6 heteroatoms. The molecule has 23 heavy (non-hydrogen) atoms. The van der Waals surface area contributed by atoms with Crippen LogP contribution in [-0.2, 0) is 4.79 Å². The second kappa shape index (κ2) is 5.70. The Bertz CT molecular complexity index is 907. The molecule has 0 unspecified atom stereocenters. The van der Waals surface area contributed by atoms with E-state index in [1.807, 2.05) is 6.07 Å². The summed E-state index contributed by atoms with van der Waals surface area (Å²) in [5.74, 6) is -0.288. The zero-order valence-corrected chi connectivity index (χ0v) is 13.1. The Kier molecular flexibility index (Phi) is 3.53. The van der Waals surface area contributed by atoms with Crippen molar-refractivity contribution in [1.82, 2.24) is 4.90 Å². The van der Waals surface area contributed by atoms with E-state index in [1.54, 1.807) is 24.3 Å². The molecule has 0 spiro atoms. The van der Waals surface area contributed by atoms with E-state index in [-0.39, 0.29) is 11.3 Å². The number of amides is 1. The summed E-state index contributed by atoms with van der Waals surface area (Å²) in [4.78, 5) is 31.3. The smallest absolute Gasteiger partial charge is 0.286 e. The number of amidine groups is 1. The third kappa shape index (κ3) is 2.59. The number of hydrogen-bond donors (Lipinski definition) is 0. The average molecular weight is 326 g/mol. The molecule has 0 atom stereocenters. The van der Waals surface area contributed by atoms with E-state index in [0.29, 0.717) is 21.4 Å². The van der Waals surface area contributed by atoms with E-state index in [2.05, 4.69) is 9.89 Å². The second-order valence-corrected chi connectivity index (χ2v) is 6.53.